The fourth-order valence-electron chi connectivity index (χ4n) is 5.07. The fourth-order valence-corrected chi connectivity index (χ4v) is 5.87. The molecule has 0 unspecified atom stereocenters. The summed E-state index contributed by atoms with van der Waals surface area (Å²) in [7, 11) is 2.04. The van der Waals surface area contributed by atoms with Gasteiger partial charge in [-0.1, -0.05) is 84.6 Å². The Bertz CT molecular complexity index is 1490. The minimum absolute atomic E-state index is 0.00342. The van der Waals surface area contributed by atoms with E-state index >= 15 is 0 Å². The molecule has 0 spiro atoms. The molecular weight excluding hydrogens is 544 g/mol. The molecule has 2 heterocycles. The van der Waals surface area contributed by atoms with Crippen LogP contribution in [0.15, 0.2) is 96.2 Å². The zero-order valence-electron chi connectivity index (χ0n) is 24.1. The summed E-state index contributed by atoms with van der Waals surface area (Å²) in [6.45, 7) is 4.05. The molecule has 5 rings (SSSR count). The lowest BCUT2D eigenvalue weighted by molar-refractivity contribution is -0.149. The van der Waals surface area contributed by atoms with Crippen LogP contribution in [0.4, 0.5) is 5.82 Å². The first-order chi connectivity index (χ1) is 20.5. The number of anilines is 1. The first-order valence-corrected chi connectivity index (χ1v) is 15.4. The van der Waals surface area contributed by atoms with Gasteiger partial charge in [0.25, 0.3) is 5.91 Å². The van der Waals surface area contributed by atoms with E-state index in [1.54, 1.807) is 11.8 Å². The predicted molar refractivity (Wildman–Crippen MR) is 167 cm³/mol. The second kappa shape index (κ2) is 14.1. The Morgan fingerprint density at radius 3 is 2.31 bits per heavy atom. The maximum Gasteiger partial charge on any atom is 0.309 e. The summed E-state index contributed by atoms with van der Waals surface area (Å²) in [5, 5.41) is 0.684. The molecule has 1 aliphatic heterocycles. The Morgan fingerprint density at radius 2 is 1.60 bits per heavy atom. The Hall–Kier alpha value is -4.17. The highest BCUT2D eigenvalue weighted by atomic mass is 32.2. The zero-order valence-corrected chi connectivity index (χ0v) is 24.9. The van der Waals surface area contributed by atoms with Crippen molar-refractivity contribution < 1.29 is 14.3 Å². The number of likely N-dealkylation sites (tertiary alicyclic amines) is 1. The number of aromatic nitrogens is 2. The summed E-state index contributed by atoms with van der Waals surface area (Å²) in [6.07, 6.45) is 1.27. The van der Waals surface area contributed by atoms with Crippen LogP contribution >= 0.6 is 11.8 Å². The molecule has 0 radical (unpaired) electrons. The Balaban J connectivity index is 1.28. The van der Waals surface area contributed by atoms with Gasteiger partial charge in [0.2, 0.25) is 0 Å². The SMILES string of the molecule is CCOC(=O)C1CCN(C(=O)c2cccc(CSc3nc(-c4ccccc4)cc(N(C)Cc4ccccc4)n3)c2)CC1. The summed E-state index contributed by atoms with van der Waals surface area (Å²) in [4.78, 5) is 39.1. The molecule has 0 bridgehead atoms. The molecule has 1 aliphatic rings. The fraction of sp³-hybridized carbons (Fsp3) is 0.294. The highest BCUT2D eigenvalue weighted by molar-refractivity contribution is 7.98. The number of piperidine rings is 1. The molecule has 8 heteroatoms. The third kappa shape index (κ3) is 7.56. The number of rotatable bonds is 10. The topological polar surface area (TPSA) is 75.6 Å². The first kappa shape index (κ1) is 29.3. The Morgan fingerprint density at radius 1 is 0.905 bits per heavy atom. The quantitative estimate of drug-likeness (QED) is 0.121. The smallest absolute Gasteiger partial charge is 0.309 e. The van der Waals surface area contributed by atoms with Crippen molar-refractivity contribution in [1.29, 1.82) is 0 Å². The van der Waals surface area contributed by atoms with Gasteiger partial charge in [-0.2, -0.15) is 0 Å². The number of nitrogens with zero attached hydrogens (tertiary/aromatic N) is 4. The average molecular weight is 581 g/mol. The van der Waals surface area contributed by atoms with E-state index in [2.05, 4.69) is 29.2 Å². The van der Waals surface area contributed by atoms with Crippen LogP contribution in [-0.4, -0.2) is 53.5 Å². The van der Waals surface area contributed by atoms with Crippen molar-refractivity contribution >= 4 is 29.5 Å². The first-order valence-electron chi connectivity index (χ1n) is 14.4. The number of carbonyl (C=O) groups is 2. The van der Waals surface area contributed by atoms with Gasteiger partial charge in [0.05, 0.1) is 18.2 Å². The van der Waals surface area contributed by atoms with E-state index in [1.165, 1.54) is 5.56 Å². The normalized spacial score (nSPS) is 13.5. The van der Waals surface area contributed by atoms with Crippen LogP contribution in [0.25, 0.3) is 11.3 Å². The second-order valence-electron chi connectivity index (χ2n) is 10.4. The van der Waals surface area contributed by atoms with Gasteiger partial charge >= 0.3 is 5.97 Å². The van der Waals surface area contributed by atoms with Crippen LogP contribution in [0.5, 0.6) is 0 Å². The van der Waals surface area contributed by atoms with Crippen molar-refractivity contribution in [2.75, 3.05) is 31.6 Å². The molecule has 1 aromatic heterocycles. The van der Waals surface area contributed by atoms with E-state index in [-0.39, 0.29) is 17.8 Å². The molecule has 1 amide bonds. The summed E-state index contributed by atoms with van der Waals surface area (Å²) in [5.74, 6) is 1.20. The summed E-state index contributed by atoms with van der Waals surface area (Å²) in [6, 6.07) is 30.3. The minimum atomic E-state index is -0.156. The third-order valence-electron chi connectivity index (χ3n) is 7.36. The predicted octanol–water partition coefficient (Wildman–Crippen LogP) is 6.49. The van der Waals surface area contributed by atoms with E-state index in [1.807, 2.05) is 85.6 Å². The number of amides is 1. The van der Waals surface area contributed by atoms with Gasteiger partial charge in [0.1, 0.15) is 5.82 Å². The molecule has 3 aromatic carbocycles. The molecule has 0 atom stereocenters. The molecule has 0 N–H and O–H groups in total. The standard InChI is InChI=1S/C34H36N4O3S/c1-3-41-33(40)28-17-19-38(20-18-28)32(39)29-16-10-13-26(21-29)24-42-34-35-30(27-14-8-5-9-15-27)22-31(36-34)37(2)23-25-11-6-4-7-12-25/h4-16,21-22,28H,3,17-20,23-24H2,1-2H3. The summed E-state index contributed by atoms with van der Waals surface area (Å²) >= 11 is 1.56. The van der Waals surface area contributed by atoms with E-state index in [9.17, 15) is 9.59 Å². The van der Waals surface area contributed by atoms with Crippen molar-refractivity contribution in [3.8, 4) is 11.3 Å². The molecule has 7 nitrogen and oxygen atoms in total. The molecule has 0 saturated carbocycles. The maximum atomic E-state index is 13.3. The van der Waals surface area contributed by atoms with Crippen LogP contribution < -0.4 is 4.90 Å². The van der Waals surface area contributed by atoms with E-state index < -0.39 is 0 Å². The van der Waals surface area contributed by atoms with E-state index in [4.69, 9.17) is 14.7 Å². The van der Waals surface area contributed by atoms with Crippen LogP contribution in [0.1, 0.15) is 41.3 Å². The number of hydrogen-bond acceptors (Lipinski definition) is 7. The lowest BCUT2D eigenvalue weighted by Gasteiger charge is -2.31. The van der Waals surface area contributed by atoms with E-state index in [0.717, 1.165) is 29.2 Å². The van der Waals surface area contributed by atoms with Crippen LogP contribution in [-0.2, 0) is 21.8 Å². The Kier molecular flexibility index (Phi) is 9.87. The van der Waals surface area contributed by atoms with Gasteiger partial charge in [-0.3, -0.25) is 9.59 Å². The van der Waals surface area contributed by atoms with Crippen LogP contribution in [0, 0.1) is 5.92 Å². The molecule has 0 aliphatic carbocycles. The van der Waals surface area contributed by atoms with Gasteiger partial charge in [0, 0.05) is 49.6 Å². The average Bonchev–Trinajstić information content (AvgIpc) is 3.04. The minimum Gasteiger partial charge on any atom is -0.466 e. The maximum absolute atomic E-state index is 13.3. The third-order valence-corrected chi connectivity index (χ3v) is 8.28. The van der Waals surface area contributed by atoms with Gasteiger partial charge in [0.15, 0.2) is 5.16 Å². The number of ether oxygens (including phenoxy) is 1. The zero-order chi connectivity index (χ0) is 29.3. The molecule has 1 saturated heterocycles. The van der Waals surface area contributed by atoms with Crippen molar-refractivity contribution in [2.45, 2.75) is 37.2 Å². The lowest BCUT2D eigenvalue weighted by atomic mass is 9.96. The number of hydrogen-bond donors (Lipinski definition) is 0. The Labute approximate surface area is 251 Å². The van der Waals surface area contributed by atoms with Gasteiger partial charge in [-0.25, -0.2) is 9.97 Å². The van der Waals surface area contributed by atoms with Gasteiger partial charge < -0.3 is 14.5 Å². The number of carbonyl (C=O) groups excluding carboxylic acids is 2. The molecule has 42 heavy (non-hydrogen) atoms. The molecule has 4 aromatic rings. The second-order valence-corrected chi connectivity index (χ2v) is 11.4. The van der Waals surface area contributed by atoms with E-state index in [0.29, 0.717) is 49.0 Å². The lowest BCUT2D eigenvalue weighted by Crippen LogP contribution is -2.40. The van der Waals surface area contributed by atoms with Gasteiger partial charge in [-0.15, -0.1) is 0 Å². The van der Waals surface area contributed by atoms with Crippen molar-refractivity contribution in [3.63, 3.8) is 0 Å². The van der Waals surface area contributed by atoms with Crippen molar-refractivity contribution in [3.05, 3.63) is 108 Å². The highest BCUT2D eigenvalue weighted by Crippen LogP contribution is 2.28. The highest BCUT2D eigenvalue weighted by Gasteiger charge is 2.28. The molecule has 1 fully saturated rings. The number of thioether (sulfide) groups is 1. The van der Waals surface area contributed by atoms with Crippen LogP contribution in [0.2, 0.25) is 0 Å². The number of benzene rings is 3. The van der Waals surface area contributed by atoms with Crippen LogP contribution in [0.3, 0.4) is 0 Å². The number of esters is 1. The van der Waals surface area contributed by atoms with Gasteiger partial charge in [-0.05, 0) is 43.0 Å². The molecule has 216 valence electrons. The summed E-state index contributed by atoms with van der Waals surface area (Å²) < 4.78 is 5.16. The molecular formula is C34H36N4O3S. The monoisotopic (exact) mass is 580 g/mol. The van der Waals surface area contributed by atoms with Crippen molar-refractivity contribution in [1.82, 2.24) is 14.9 Å². The largest absolute Gasteiger partial charge is 0.466 e. The summed E-state index contributed by atoms with van der Waals surface area (Å²) in [5.41, 5.74) is 4.80. The van der Waals surface area contributed by atoms with Crippen molar-refractivity contribution in [2.24, 2.45) is 5.92 Å².